The van der Waals surface area contributed by atoms with Gasteiger partial charge in [0.15, 0.2) is 0 Å². The Labute approximate surface area is 157 Å². The Balaban J connectivity index is 1.85. The number of nitrogens with zero attached hydrogens (tertiary/aromatic N) is 2. The predicted octanol–water partition coefficient (Wildman–Crippen LogP) is 5.05. The second-order valence-corrected chi connectivity index (χ2v) is 6.51. The molecule has 1 amide bonds. The van der Waals surface area contributed by atoms with Crippen LogP contribution in [0.4, 0.5) is 17.3 Å². The van der Waals surface area contributed by atoms with Gasteiger partial charge in [0.25, 0.3) is 5.91 Å². The summed E-state index contributed by atoms with van der Waals surface area (Å²) in [7, 11) is 0. The maximum Gasteiger partial charge on any atom is 0.274 e. The molecule has 0 unspecified atom stereocenters. The van der Waals surface area contributed by atoms with Crippen LogP contribution in [0.1, 0.15) is 27.3 Å². The van der Waals surface area contributed by atoms with E-state index >= 15 is 0 Å². The van der Waals surface area contributed by atoms with E-state index in [0.717, 1.165) is 16.8 Å². The molecule has 0 bridgehead atoms. The van der Waals surface area contributed by atoms with E-state index < -0.39 is 0 Å². The average Bonchev–Trinajstić information content (AvgIpc) is 2.60. The van der Waals surface area contributed by atoms with Crippen molar-refractivity contribution in [2.24, 2.45) is 0 Å². The number of aromatic nitrogens is 2. The third-order valence-corrected chi connectivity index (χ3v) is 4.16. The first kappa shape index (κ1) is 17.9. The van der Waals surface area contributed by atoms with Crippen molar-refractivity contribution in [2.75, 3.05) is 10.6 Å². The van der Waals surface area contributed by atoms with Crippen molar-refractivity contribution in [3.05, 3.63) is 76.1 Å². The van der Waals surface area contributed by atoms with Gasteiger partial charge in [0.1, 0.15) is 5.69 Å². The van der Waals surface area contributed by atoms with Crippen LogP contribution in [-0.4, -0.2) is 15.9 Å². The van der Waals surface area contributed by atoms with Gasteiger partial charge in [-0.3, -0.25) is 4.79 Å². The second kappa shape index (κ2) is 7.54. The summed E-state index contributed by atoms with van der Waals surface area (Å²) in [4.78, 5) is 21.3. The van der Waals surface area contributed by atoms with Crippen molar-refractivity contribution in [1.29, 1.82) is 0 Å². The standard InChI is InChI=1S/C20H19ClN4O/c1-12-5-4-6-13(2)18(12)25-20-22-14(3)11-17(24-20)19(26)23-16-9-7-15(21)8-10-16/h4-11H,1-3H3,(H,23,26)(H,22,24,25). The van der Waals surface area contributed by atoms with E-state index in [4.69, 9.17) is 11.6 Å². The summed E-state index contributed by atoms with van der Waals surface area (Å²) in [5, 5.41) is 6.65. The third kappa shape index (κ3) is 4.18. The maximum absolute atomic E-state index is 12.5. The summed E-state index contributed by atoms with van der Waals surface area (Å²) in [5.74, 6) is 0.0889. The number of aryl methyl sites for hydroxylation is 3. The quantitative estimate of drug-likeness (QED) is 0.678. The lowest BCUT2D eigenvalue weighted by atomic mass is 10.1. The number of rotatable bonds is 4. The van der Waals surface area contributed by atoms with Crippen molar-refractivity contribution in [3.8, 4) is 0 Å². The SMILES string of the molecule is Cc1cc(C(=O)Nc2ccc(Cl)cc2)nc(Nc2c(C)cccc2C)n1. The highest BCUT2D eigenvalue weighted by molar-refractivity contribution is 6.30. The zero-order valence-corrected chi connectivity index (χ0v) is 15.6. The third-order valence-electron chi connectivity index (χ3n) is 3.91. The molecule has 0 aliphatic heterocycles. The number of halogens is 1. The summed E-state index contributed by atoms with van der Waals surface area (Å²) < 4.78 is 0. The lowest BCUT2D eigenvalue weighted by Crippen LogP contribution is -2.15. The molecule has 0 saturated heterocycles. The minimum absolute atomic E-state index is 0.293. The number of hydrogen-bond donors (Lipinski definition) is 2. The molecule has 0 aliphatic carbocycles. The van der Waals surface area contributed by atoms with Crippen LogP contribution in [0.5, 0.6) is 0 Å². The Hall–Kier alpha value is -2.92. The fraction of sp³-hybridized carbons (Fsp3) is 0.150. The molecule has 3 rings (SSSR count). The van der Waals surface area contributed by atoms with Crippen LogP contribution < -0.4 is 10.6 Å². The molecule has 132 valence electrons. The first-order chi connectivity index (χ1) is 12.4. The maximum atomic E-state index is 12.5. The molecule has 26 heavy (non-hydrogen) atoms. The van der Waals surface area contributed by atoms with E-state index in [0.29, 0.717) is 28.0 Å². The van der Waals surface area contributed by atoms with Gasteiger partial charge < -0.3 is 10.6 Å². The van der Waals surface area contributed by atoms with Gasteiger partial charge in [-0.25, -0.2) is 9.97 Å². The normalized spacial score (nSPS) is 10.5. The van der Waals surface area contributed by atoms with Crippen LogP contribution in [0, 0.1) is 20.8 Å². The minimum atomic E-state index is -0.303. The molecule has 0 saturated carbocycles. The van der Waals surface area contributed by atoms with Gasteiger partial charge >= 0.3 is 0 Å². The molecule has 1 aromatic heterocycles. The number of para-hydroxylation sites is 1. The van der Waals surface area contributed by atoms with Gasteiger partial charge in [-0.05, 0) is 62.2 Å². The Morgan fingerprint density at radius 1 is 0.962 bits per heavy atom. The topological polar surface area (TPSA) is 66.9 Å². The number of amides is 1. The Morgan fingerprint density at radius 3 is 2.27 bits per heavy atom. The highest BCUT2D eigenvalue weighted by atomic mass is 35.5. The summed E-state index contributed by atoms with van der Waals surface area (Å²) >= 11 is 5.87. The van der Waals surface area contributed by atoms with Gasteiger partial charge in [-0.2, -0.15) is 0 Å². The largest absolute Gasteiger partial charge is 0.324 e. The van der Waals surface area contributed by atoms with Crippen molar-refractivity contribution in [2.45, 2.75) is 20.8 Å². The minimum Gasteiger partial charge on any atom is -0.324 e. The van der Waals surface area contributed by atoms with Crippen molar-refractivity contribution in [1.82, 2.24) is 9.97 Å². The highest BCUT2D eigenvalue weighted by Crippen LogP contribution is 2.23. The molecule has 0 fully saturated rings. The fourth-order valence-electron chi connectivity index (χ4n) is 2.59. The molecule has 6 heteroatoms. The molecule has 2 aromatic carbocycles. The molecule has 3 aromatic rings. The Bertz CT molecular complexity index is 934. The van der Waals surface area contributed by atoms with Gasteiger partial charge in [0.2, 0.25) is 5.95 Å². The molecule has 5 nitrogen and oxygen atoms in total. The number of anilines is 3. The Kier molecular flexibility index (Phi) is 5.19. The van der Waals surface area contributed by atoms with Crippen LogP contribution >= 0.6 is 11.6 Å². The Morgan fingerprint density at radius 2 is 1.62 bits per heavy atom. The summed E-state index contributed by atoms with van der Waals surface area (Å²) in [5.41, 5.74) is 4.77. The van der Waals surface area contributed by atoms with Crippen molar-refractivity contribution >= 4 is 34.8 Å². The molecule has 1 heterocycles. The smallest absolute Gasteiger partial charge is 0.274 e. The average molecular weight is 367 g/mol. The molecule has 0 aliphatic rings. The summed E-state index contributed by atoms with van der Waals surface area (Å²) in [6.07, 6.45) is 0. The molecular formula is C20H19ClN4O. The second-order valence-electron chi connectivity index (χ2n) is 6.07. The van der Waals surface area contributed by atoms with Gasteiger partial charge in [-0.1, -0.05) is 29.8 Å². The lowest BCUT2D eigenvalue weighted by molar-refractivity contribution is 0.102. The van der Waals surface area contributed by atoms with Crippen LogP contribution in [0.15, 0.2) is 48.5 Å². The zero-order valence-electron chi connectivity index (χ0n) is 14.8. The van der Waals surface area contributed by atoms with Gasteiger partial charge in [0, 0.05) is 22.1 Å². The van der Waals surface area contributed by atoms with Crippen LogP contribution in [-0.2, 0) is 0 Å². The number of benzene rings is 2. The van der Waals surface area contributed by atoms with E-state index in [9.17, 15) is 4.79 Å². The van der Waals surface area contributed by atoms with Crippen LogP contribution in [0.2, 0.25) is 5.02 Å². The molecule has 2 N–H and O–H groups in total. The first-order valence-corrected chi connectivity index (χ1v) is 8.56. The number of carbonyl (C=O) groups is 1. The van der Waals surface area contributed by atoms with Crippen molar-refractivity contribution < 1.29 is 4.79 Å². The molecular weight excluding hydrogens is 348 g/mol. The number of carbonyl (C=O) groups excluding carboxylic acids is 1. The molecule has 0 spiro atoms. The van der Waals surface area contributed by atoms with Crippen LogP contribution in [0.3, 0.4) is 0 Å². The lowest BCUT2D eigenvalue weighted by Gasteiger charge is -2.12. The van der Waals surface area contributed by atoms with E-state index in [-0.39, 0.29) is 5.91 Å². The van der Waals surface area contributed by atoms with E-state index in [1.807, 2.05) is 39.0 Å². The first-order valence-electron chi connectivity index (χ1n) is 8.18. The van der Waals surface area contributed by atoms with E-state index in [1.165, 1.54) is 0 Å². The highest BCUT2D eigenvalue weighted by Gasteiger charge is 2.12. The van der Waals surface area contributed by atoms with Crippen LogP contribution in [0.25, 0.3) is 0 Å². The molecule has 0 atom stereocenters. The number of nitrogens with one attached hydrogen (secondary N) is 2. The number of hydrogen-bond acceptors (Lipinski definition) is 4. The van der Waals surface area contributed by atoms with Gasteiger partial charge in [0.05, 0.1) is 0 Å². The van der Waals surface area contributed by atoms with Crippen molar-refractivity contribution in [3.63, 3.8) is 0 Å². The predicted molar refractivity (Wildman–Crippen MR) is 105 cm³/mol. The monoisotopic (exact) mass is 366 g/mol. The summed E-state index contributed by atoms with van der Waals surface area (Å²) in [6, 6.07) is 14.6. The zero-order chi connectivity index (χ0) is 18.7. The summed E-state index contributed by atoms with van der Waals surface area (Å²) in [6.45, 7) is 5.86. The van der Waals surface area contributed by atoms with E-state index in [2.05, 4.69) is 20.6 Å². The molecule has 0 radical (unpaired) electrons. The van der Waals surface area contributed by atoms with Gasteiger partial charge in [-0.15, -0.1) is 0 Å². The fourth-order valence-corrected chi connectivity index (χ4v) is 2.72. The van der Waals surface area contributed by atoms with E-state index in [1.54, 1.807) is 30.3 Å².